The number of ether oxygens (including phenoxy) is 1. The molecular formula is C25H23N3O5S. The van der Waals surface area contributed by atoms with Crippen molar-refractivity contribution in [1.29, 1.82) is 0 Å². The minimum absolute atomic E-state index is 0.0464. The predicted molar refractivity (Wildman–Crippen MR) is 128 cm³/mol. The summed E-state index contributed by atoms with van der Waals surface area (Å²) >= 11 is 0. The SMILES string of the molecule is Cc1ccc(C)c(S(=O)(=O)Nc2ccccc2C(=O)OCc2cc(=O)n3cccc(C)c3n2)c1. The van der Waals surface area contributed by atoms with Crippen LogP contribution in [0.25, 0.3) is 5.65 Å². The van der Waals surface area contributed by atoms with Crippen LogP contribution in [-0.2, 0) is 21.4 Å². The molecule has 8 nitrogen and oxygen atoms in total. The molecule has 4 aromatic rings. The molecule has 0 radical (unpaired) electrons. The monoisotopic (exact) mass is 477 g/mol. The van der Waals surface area contributed by atoms with Gasteiger partial charge in [-0.2, -0.15) is 0 Å². The molecule has 9 heteroatoms. The second kappa shape index (κ2) is 9.11. The molecule has 2 aromatic carbocycles. The van der Waals surface area contributed by atoms with Gasteiger partial charge in [0, 0.05) is 12.3 Å². The molecule has 1 N–H and O–H groups in total. The largest absolute Gasteiger partial charge is 0.456 e. The summed E-state index contributed by atoms with van der Waals surface area (Å²) in [7, 11) is -3.94. The third-order valence-electron chi connectivity index (χ3n) is 5.31. The van der Waals surface area contributed by atoms with Crippen molar-refractivity contribution in [2.45, 2.75) is 32.3 Å². The molecule has 2 heterocycles. The molecule has 0 aliphatic heterocycles. The first-order valence-electron chi connectivity index (χ1n) is 10.5. The number of nitrogens with zero attached hydrogens (tertiary/aromatic N) is 2. The Morgan fingerprint density at radius 3 is 2.56 bits per heavy atom. The van der Waals surface area contributed by atoms with Crippen LogP contribution < -0.4 is 10.3 Å². The number of fused-ring (bicyclic) bond motifs is 1. The Morgan fingerprint density at radius 2 is 1.76 bits per heavy atom. The highest BCUT2D eigenvalue weighted by Gasteiger charge is 2.21. The van der Waals surface area contributed by atoms with Gasteiger partial charge in [0.25, 0.3) is 15.6 Å². The number of para-hydroxylation sites is 1. The molecule has 0 atom stereocenters. The van der Waals surface area contributed by atoms with Crippen LogP contribution in [0, 0.1) is 20.8 Å². The van der Waals surface area contributed by atoms with Gasteiger partial charge in [0.15, 0.2) is 0 Å². The number of sulfonamides is 1. The number of hydrogen-bond donors (Lipinski definition) is 1. The summed E-state index contributed by atoms with van der Waals surface area (Å²) in [5.74, 6) is -0.744. The third kappa shape index (κ3) is 4.69. The fourth-order valence-corrected chi connectivity index (χ4v) is 4.96. The van der Waals surface area contributed by atoms with Gasteiger partial charge in [-0.25, -0.2) is 18.2 Å². The minimum atomic E-state index is -3.94. The zero-order valence-corrected chi connectivity index (χ0v) is 19.7. The van der Waals surface area contributed by atoms with E-state index in [1.165, 1.54) is 22.6 Å². The lowest BCUT2D eigenvalue weighted by Gasteiger charge is -2.14. The molecule has 0 saturated heterocycles. The van der Waals surface area contributed by atoms with Gasteiger partial charge >= 0.3 is 5.97 Å². The van der Waals surface area contributed by atoms with E-state index in [0.717, 1.165) is 11.1 Å². The standard InChI is InChI=1S/C25H23N3O5S/c1-16-10-11-17(2)22(13-16)34(31,32)27-21-9-5-4-8-20(21)25(30)33-15-19-14-23(29)28-12-6-7-18(3)24(28)26-19/h4-14,27H,15H2,1-3H3. The summed E-state index contributed by atoms with van der Waals surface area (Å²) in [6.45, 7) is 5.10. The summed E-state index contributed by atoms with van der Waals surface area (Å²) in [6.07, 6.45) is 1.62. The lowest BCUT2D eigenvalue weighted by atomic mass is 10.2. The highest BCUT2D eigenvalue weighted by Crippen LogP contribution is 2.24. The number of pyridine rings is 1. The zero-order chi connectivity index (χ0) is 24.5. The van der Waals surface area contributed by atoms with Crippen LogP contribution in [0.3, 0.4) is 0 Å². The van der Waals surface area contributed by atoms with Crippen LogP contribution in [0.1, 0.15) is 32.7 Å². The van der Waals surface area contributed by atoms with Crippen LogP contribution >= 0.6 is 0 Å². The summed E-state index contributed by atoms with van der Waals surface area (Å²) in [5.41, 5.74) is 2.81. The molecule has 174 valence electrons. The second-order valence-corrected chi connectivity index (χ2v) is 9.62. The molecule has 4 rings (SSSR count). The van der Waals surface area contributed by atoms with Gasteiger partial charge in [0.2, 0.25) is 0 Å². The second-order valence-electron chi connectivity index (χ2n) is 7.97. The van der Waals surface area contributed by atoms with E-state index in [1.54, 1.807) is 50.4 Å². The van der Waals surface area contributed by atoms with Crippen LogP contribution in [0.15, 0.2) is 76.6 Å². The maximum Gasteiger partial charge on any atom is 0.340 e. The average Bonchev–Trinajstić information content (AvgIpc) is 2.80. The summed E-state index contributed by atoms with van der Waals surface area (Å²) in [5, 5.41) is 0. The van der Waals surface area contributed by atoms with E-state index in [-0.39, 0.29) is 28.3 Å². The lowest BCUT2D eigenvalue weighted by molar-refractivity contribution is 0.0469. The number of aromatic nitrogens is 2. The fourth-order valence-electron chi connectivity index (χ4n) is 3.55. The average molecular weight is 478 g/mol. The van der Waals surface area contributed by atoms with Crippen molar-refractivity contribution in [3.05, 3.63) is 105 Å². The summed E-state index contributed by atoms with van der Waals surface area (Å²) in [4.78, 5) is 29.7. The molecule has 34 heavy (non-hydrogen) atoms. The number of aryl methyl sites for hydroxylation is 3. The van der Waals surface area contributed by atoms with E-state index < -0.39 is 16.0 Å². The molecule has 0 unspecified atom stereocenters. The molecule has 0 spiro atoms. The number of rotatable bonds is 6. The maximum atomic E-state index is 13.0. The Morgan fingerprint density at radius 1 is 1.00 bits per heavy atom. The van der Waals surface area contributed by atoms with Crippen molar-refractivity contribution in [1.82, 2.24) is 9.38 Å². The highest BCUT2D eigenvalue weighted by molar-refractivity contribution is 7.92. The van der Waals surface area contributed by atoms with Crippen LogP contribution in [-0.4, -0.2) is 23.8 Å². The Balaban J connectivity index is 1.58. The molecule has 0 bridgehead atoms. The quantitative estimate of drug-likeness (QED) is 0.424. The van der Waals surface area contributed by atoms with E-state index >= 15 is 0 Å². The summed E-state index contributed by atoms with van der Waals surface area (Å²) < 4.78 is 35.3. The topological polar surface area (TPSA) is 107 Å². The molecule has 0 amide bonds. The summed E-state index contributed by atoms with van der Waals surface area (Å²) in [6, 6.07) is 16.2. The van der Waals surface area contributed by atoms with Crippen molar-refractivity contribution in [2.75, 3.05) is 4.72 Å². The van der Waals surface area contributed by atoms with Gasteiger partial charge in [-0.3, -0.25) is 13.9 Å². The fraction of sp³-hybridized carbons (Fsp3) is 0.160. The zero-order valence-electron chi connectivity index (χ0n) is 18.9. The Kier molecular flexibility index (Phi) is 6.21. The lowest BCUT2D eigenvalue weighted by Crippen LogP contribution is -2.19. The molecular weight excluding hydrogens is 454 g/mol. The smallest absolute Gasteiger partial charge is 0.340 e. The number of anilines is 1. The molecule has 0 aliphatic carbocycles. The number of esters is 1. The van der Waals surface area contributed by atoms with Crippen molar-refractivity contribution in [3.8, 4) is 0 Å². The number of carbonyl (C=O) groups excluding carboxylic acids is 1. The molecule has 0 fully saturated rings. The van der Waals surface area contributed by atoms with E-state index in [4.69, 9.17) is 4.74 Å². The molecule has 0 aliphatic rings. The van der Waals surface area contributed by atoms with Gasteiger partial charge in [0.05, 0.1) is 21.8 Å². The van der Waals surface area contributed by atoms with Gasteiger partial charge in [-0.15, -0.1) is 0 Å². The number of nitrogens with one attached hydrogen (secondary N) is 1. The highest BCUT2D eigenvalue weighted by atomic mass is 32.2. The third-order valence-corrected chi connectivity index (χ3v) is 6.82. The van der Waals surface area contributed by atoms with Gasteiger partial charge in [-0.05, 0) is 61.7 Å². The van der Waals surface area contributed by atoms with Crippen LogP contribution in [0.5, 0.6) is 0 Å². The van der Waals surface area contributed by atoms with Crippen LogP contribution in [0.2, 0.25) is 0 Å². The van der Waals surface area contributed by atoms with E-state index in [1.807, 2.05) is 19.1 Å². The normalized spacial score (nSPS) is 11.4. The molecule has 0 saturated carbocycles. The Labute approximate surface area is 196 Å². The minimum Gasteiger partial charge on any atom is -0.456 e. The molecule has 2 aromatic heterocycles. The first kappa shape index (κ1) is 23.2. The van der Waals surface area contributed by atoms with Crippen molar-refractivity contribution in [2.24, 2.45) is 0 Å². The van der Waals surface area contributed by atoms with E-state index in [0.29, 0.717) is 16.9 Å². The van der Waals surface area contributed by atoms with Crippen molar-refractivity contribution < 1.29 is 17.9 Å². The van der Waals surface area contributed by atoms with Gasteiger partial charge in [-0.1, -0.05) is 30.3 Å². The predicted octanol–water partition coefficient (Wildman–Crippen LogP) is 3.78. The van der Waals surface area contributed by atoms with Gasteiger partial charge < -0.3 is 4.74 Å². The van der Waals surface area contributed by atoms with Crippen LogP contribution in [0.4, 0.5) is 5.69 Å². The van der Waals surface area contributed by atoms with E-state index in [9.17, 15) is 18.0 Å². The Hall–Kier alpha value is -3.98. The first-order valence-corrected chi connectivity index (χ1v) is 12.0. The first-order chi connectivity index (χ1) is 16.2. The maximum absolute atomic E-state index is 13.0. The number of hydrogen-bond acceptors (Lipinski definition) is 6. The van der Waals surface area contributed by atoms with Crippen molar-refractivity contribution in [3.63, 3.8) is 0 Å². The van der Waals surface area contributed by atoms with Gasteiger partial charge in [0.1, 0.15) is 12.3 Å². The van der Waals surface area contributed by atoms with Crippen molar-refractivity contribution >= 4 is 27.3 Å². The van der Waals surface area contributed by atoms with E-state index in [2.05, 4.69) is 9.71 Å². The number of carbonyl (C=O) groups is 1. The number of benzene rings is 2. The Bertz CT molecular complexity index is 1580.